The van der Waals surface area contributed by atoms with Gasteiger partial charge in [0.25, 0.3) is 0 Å². The maximum atomic E-state index is 3.73. The molecule has 2 nitrogen and oxygen atoms in total. The Morgan fingerprint density at radius 1 is 1.11 bits per heavy atom. The molecule has 2 unspecified atom stereocenters. The summed E-state index contributed by atoms with van der Waals surface area (Å²) < 4.78 is 0. The van der Waals surface area contributed by atoms with E-state index in [2.05, 4.69) is 55.5 Å². The number of nitrogens with one attached hydrogen (secondary N) is 1. The Labute approximate surface area is 111 Å². The van der Waals surface area contributed by atoms with E-state index < -0.39 is 0 Å². The lowest BCUT2D eigenvalue weighted by molar-refractivity contribution is 0.317. The van der Waals surface area contributed by atoms with E-state index in [1.807, 2.05) is 0 Å². The number of hydrogen-bond donors (Lipinski definition) is 1. The summed E-state index contributed by atoms with van der Waals surface area (Å²) in [5, 5.41) is 3.73. The standard InChI is InChI=1S/C16H26N2/c1-4-13-7-5-6-8-16(13)17-14-9-11-15(12-10-14)18(2)3/h9-13,16-17H,4-8H2,1-3H3. The van der Waals surface area contributed by atoms with Crippen LogP contribution in [0, 0.1) is 5.92 Å². The maximum Gasteiger partial charge on any atom is 0.0362 e. The van der Waals surface area contributed by atoms with Gasteiger partial charge in [0.2, 0.25) is 0 Å². The second-order valence-corrected chi connectivity index (χ2v) is 5.64. The van der Waals surface area contributed by atoms with Crippen LogP contribution in [-0.4, -0.2) is 20.1 Å². The largest absolute Gasteiger partial charge is 0.382 e. The summed E-state index contributed by atoms with van der Waals surface area (Å²) in [4.78, 5) is 2.14. The molecule has 100 valence electrons. The highest BCUT2D eigenvalue weighted by atomic mass is 15.1. The van der Waals surface area contributed by atoms with Crippen LogP contribution in [-0.2, 0) is 0 Å². The molecule has 0 radical (unpaired) electrons. The first kappa shape index (κ1) is 13.3. The second kappa shape index (κ2) is 6.12. The molecule has 0 aromatic heterocycles. The molecule has 1 fully saturated rings. The van der Waals surface area contributed by atoms with Crippen molar-refractivity contribution in [3.8, 4) is 0 Å². The van der Waals surface area contributed by atoms with Gasteiger partial charge in [-0.2, -0.15) is 0 Å². The molecule has 1 N–H and O–H groups in total. The summed E-state index contributed by atoms with van der Waals surface area (Å²) in [5.41, 5.74) is 2.53. The monoisotopic (exact) mass is 246 g/mol. The van der Waals surface area contributed by atoms with Crippen molar-refractivity contribution in [3.05, 3.63) is 24.3 Å². The SMILES string of the molecule is CCC1CCCCC1Nc1ccc(N(C)C)cc1. The van der Waals surface area contributed by atoms with Crippen molar-refractivity contribution in [1.29, 1.82) is 0 Å². The highest BCUT2D eigenvalue weighted by molar-refractivity contribution is 5.54. The lowest BCUT2D eigenvalue weighted by Crippen LogP contribution is -2.31. The van der Waals surface area contributed by atoms with E-state index in [0.29, 0.717) is 6.04 Å². The van der Waals surface area contributed by atoms with Crippen LogP contribution in [0.25, 0.3) is 0 Å². The van der Waals surface area contributed by atoms with Crippen molar-refractivity contribution >= 4 is 11.4 Å². The Balaban J connectivity index is 1.99. The Morgan fingerprint density at radius 3 is 2.39 bits per heavy atom. The van der Waals surface area contributed by atoms with Gasteiger partial charge in [-0.3, -0.25) is 0 Å². The van der Waals surface area contributed by atoms with Gasteiger partial charge < -0.3 is 10.2 Å². The smallest absolute Gasteiger partial charge is 0.0362 e. The summed E-state index contributed by atoms with van der Waals surface area (Å²) in [6.45, 7) is 2.32. The molecule has 0 aliphatic heterocycles. The highest BCUT2D eigenvalue weighted by Gasteiger charge is 2.23. The van der Waals surface area contributed by atoms with E-state index in [1.165, 1.54) is 43.5 Å². The van der Waals surface area contributed by atoms with Crippen LogP contribution in [0.4, 0.5) is 11.4 Å². The van der Waals surface area contributed by atoms with Gasteiger partial charge in [0.1, 0.15) is 0 Å². The van der Waals surface area contributed by atoms with Gasteiger partial charge >= 0.3 is 0 Å². The third-order valence-electron chi connectivity index (χ3n) is 4.17. The Bertz CT molecular complexity index is 356. The second-order valence-electron chi connectivity index (χ2n) is 5.64. The fourth-order valence-electron chi connectivity index (χ4n) is 2.96. The number of rotatable bonds is 4. The van der Waals surface area contributed by atoms with Gasteiger partial charge in [-0.15, -0.1) is 0 Å². The van der Waals surface area contributed by atoms with Gasteiger partial charge in [-0.25, -0.2) is 0 Å². The van der Waals surface area contributed by atoms with Crippen molar-refractivity contribution in [1.82, 2.24) is 0 Å². The predicted molar refractivity (Wildman–Crippen MR) is 80.4 cm³/mol. The molecular weight excluding hydrogens is 220 g/mol. The van der Waals surface area contributed by atoms with Gasteiger partial charge in [-0.05, 0) is 43.0 Å². The van der Waals surface area contributed by atoms with Crippen molar-refractivity contribution < 1.29 is 0 Å². The molecule has 0 bridgehead atoms. The summed E-state index contributed by atoms with van der Waals surface area (Å²) in [5.74, 6) is 0.854. The van der Waals surface area contributed by atoms with E-state index in [9.17, 15) is 0 Å². The van der Waals surface area contributed by atoms with Crippen LogP contribution in [0.1, 0.15) is 39.0 Å². The minimum Gasteiger partial charge on any atom is -0.382 e. The summed E-state index contributed by atoms with van der Waals surface area (Å²) >= 11 is 0. The van der Waals surface area contributed by atoms with Crippen LogP contribution in [0.15, 0.2) is 24.3 Å². The first-order valence-electron chi connectivity index (χ1n) is 7.24. The first-order valence-corrected chi connectivity index (χ1v) is 7.24. The highest BCUT2D eigenvalue weighted by Crippen LogP contribution is 2.29. The van der Waals surface area contributed by atoms with E-state index in [1.54, 1.807) is 0 Å². The van der Waals surface area contributed by atoms with E-state index in [0.717, 1.165) is 5.92 Å². The molecule has 1 aliphatic carbocycles. The predicted octanol–water partition coefficient (Wildman–Crippen LogP) is 4.13. The molecule has 1 aromatic rings. The normalized spacial score (nSPS) is 23.7. The van der Waals surface area contributed by atoms with E-state index >= 15 is 0 Å². The van der Waals surface area contributed by atoms with Gasteiger partial charge in [-0.1, -0.05) is 26.2 Å². The van der Waals surface area contributed by atoms with Gasteiger partial charge in [0.05, 0.1) is 0 Å². The van der Waals surface area contributed by atoms with Crippen LogP contribution < -0.4 is 10.2 Å². The number of benzene rings is 1. The molecule has 0 saturated heterocycles. The molecule has 2 heteroatoms. The summed E-state index contributed by atoms with van der Waals surface area (Å²) in [6, 6.07) is 9.46. The topological polar surface area (TPSA) is 15.3 Å². The van der Waals surface area contributed by atoms with Crippen LogP contribution in [0.5, 0.6) is 0 Å². The molecule has 18 heavy (non-hydrogen) atoms. The van der Waals surface area contributed by atoms with Crippen LogP contribution >= 0.6 is 0 Å². The van der Waals surface area contributed by atoms with Crippen molar-refractivity contribution in [2.24, 2.45) is 5.92 Å². The third kappa shape index (κ3) is 3.18. The van der Waals surface area contributed by atoms with E-state index in [4.69, 9.17) is 0 Å². The van der Waals surface area contributed by atoms with Crippen molar-refractivity contribution in [3.63, 3.8) is 0 Å². The van der Waals surface area contributed by atoms with Gasteiger partial charge in [0, 0.05) is 31.5 Å². The number of anilines is 2. The molecule has 1 aromatic carbocycles. The number of hydrogen-bond acceptors (Lipinski definition) is 2. The van der Waals surface area contributed by atoms with Crippen LogP contribution in [0.3, 0.4) is 0 Å². The zero-order chi connectivity index (χ0) is 13.0. The average Bonchev–Trinajstić information content (AvgIpc) is 2.40. The molecule has 0 amide bonds. The zero-order valence-corrected chi connectivity index (χ0v) is 11.9. The Morgan fingerprint density at radius 2 is 1.78 bits per heavy atom. The average molecular weight is 246 g/mol. The number of nitrogens with zero attached hydrogens (tertiary/aromatic N) is 1. The quantitative estimate of drug-likeness (QED) is 0.859. The van der Waals surface area contributed by atoms with E-state index in [-0.39, 0.29) is 0 Å². The minimum absolute atomic E-state index is 0.675. The molecule has 0 spiro atoms. The molecule has 1 aliphatic rings. The third-order valence-corrected chi connectivity index (χ3v) is 4.17. The van der Waals surface area contributed by atoms with Crippen LogP contribution in [0.2, 0.25) is 0 Å². The molecular formula is C16H26N2. The molecule has 2 atom stereocenters. The first-order chi connectivity index (χ1) is 8.70. The molecule has 1 saturated carbocycles. The minimum atomic E-state index is 0.675. The summed E-state index contributed by atoms with van der Waals surface area (Å²) in [6.07, 6.45) is 6.81. The zero-order valence-electron chi connectivity index (χ0n) is 11.9. The fraction of sp³-hybridized carbons (Fsp3) is 0.625. The van der Waals surface area contributed by atoms with Crippen molar-refractivity contribution in [2.75, 3.05) is 24.3 Å². The Hall–Kier alpha value is -1.18. The maximum absolute atomic E-state index is 3.73. The molecule has 0 heterocycles. The lowest BCUT2D eigenvalue weighted by atomic mass is 9.83. The molecule has 2 rings (SSSR count). The van der Waals surface area contributed by atoms with Crippen molar-refractivity contribution in [2.45, 2.75) is 45.1 Å². The lowest BCUT2D eigenvalue weighted by Gasteiger charge is -2.32. The fourth-order valence-corrected chi connectivity index (χ4v) is 2.96. The Kier molecular flexibility index (Phi) is 4.51. The summed E-state index contributed by atoms with van der Waals surface area (Å²) in [7, 11) is 4.16. The van der Waals surface area contributed by atoms with Gasteiger partial charge in [0.15, 0.2) is 0 Å².